The SMILES string of the molecule is N#Cc1ccccc1C=CCC(=O)O. The van der Waals surface area contributed by atoms with Crippen LogP contribution >= 0.6 is 0 Å². The maximum Gasteiger partial charge on any atom is 0.307 e. The van der Waals surface area contributed by atoms with Gasteiger partial charge in [0.25, 0.3) is 0 Å². The number of nitriles is 1. The second-order valence-corrected chi connectivity index (χ2v) is 2.70. The number of carbonyl (C=O) groups is 1. The maximum atomic E-state index is 10.2. The maximum absolute atomic E-state index is 10.2. The van der Waals surface area contributed by atoms with Crippen LogP contribution < -0.4 is 0 Å². The minimum atomic E-state index is -0.879. The number of nitrogens with zero attached hydrogens (tertiary/aromatic N) is 1. The molecule has 3 nitrogen and oxygen atoms in total. The number of carboxylic acid groups (broad SMARTS) is 1. The first-order chi connectivity index (χ1) is 6.74. The molecule has 70 valence electrons. The van der Waals surface area contributed by atoms with Crippen LogP contribution in [0.15, 0.2) is 30.3 Å². The van der Waals surface area contributed by atoms with Crippen LogP contribution in [0.4, 0.5) is 0 Å². The summed E-state index contributed by atoms with van der Waals surface area (Å²) >= 11 is 0. The predicted molar refractivity (Wildman–Crippen MR) is 52.4 cm³/mol. The smallest absolute Gasteiger partial charge is 0.307 e. The number of hydrogen-bond acceptors (Lipinski definition) is 2. The van der Waals surface area contributed by atoms with Gasteiger partial charge in [-0.1, -0.05) is 30.4 Å². The summed E-state index contributed by atoms with van der Waals surface area (Å²) in [5.41, 5.74) is 1.30. The summed E-state index contributed by atoms with van der Waals surface area (Å²) < 4.78 is 0. The Morgan fingerprint density at radius 3 is 2.86 bits per heavy atom. The van der Waals surface area contributed by atoms with Crippen molar-refractivity contribution in [1.82, 2.24) is 0 Å². The van der Waals surface area contributed by atoms with Gasteiger partial charge in [-0.2, -0.15) is 5.26 Å². The van der Waals surface area contributed by atoms with Crippen LogP contribution in [0.2, 0.25) is 0 Å². The first kappa shape index (κ1) is 10.0. The molecule has 3 heteroatoms. The molecule has 1 aromatic carbocycles. The quantitative estimate of drug-likeness (QED) is 0.787. The highest BCUT2D eigenvalue weighted by atomic mass is 16.4. The van der Waals surface area contributed by atoms with E-state index < -0.39 is 5.97 Å². The van der Waals surface area contributed by atoms with Crippen LogP contribution in [-0.4, -0.2) is 11.1 Å². The van der Waals surface area contributed by atoms with Crippen molar-refractivity contribution in [3.8, 4) is 6.07 Å². The van der Waals surface area contributed by atoms with Gasteiger partial charge in [-0.25, -0.2) is 0 Å². The normalized spacial score (nSPS) is 9.93. The van der Waals surface area contributed by atoms with Gasteiger partial charge in [0, 0.05) is 0 Å². The van der Waals surface area contributed by atoms with Crippen molar-refractivity contribution in [2.75, 3.05) is 0 Å². The third kappa shape index (κ3) is 2.76. The zero-order valence-electron chi connectivity index (χ0n) is 7.47. The van der Waals surface area contributed by atoms with Gasteiger partial charge in [-0.3, -0.25) is 4.79 Å². The van der Waals surface area contributed by atoms with E-state index in [4.69, 9.17) is 10.4 Å². The van der Waals surface area contributed by atoms with E-state index in [9.17, 15) is 4.79 Å². The van der Waals surface area contributed by atoms with Crippen molar-refractivity contribution in [3.05, 3.63) is 41.5 Å². The molecule has 0 unspecified atom stereocenters. The Balaban J connectivity index is 2.81. The van der Waals surface area contributed by atoms with Crippen molar-refractivity contribution < 1.29 is 9.90 Å². The number of aliphatic carboxylic acids is 1. The summed E-state index contributed by atoms with van der Waals surface area (Å²) in [6, 6.07) is 9.08. The number of rotatable bonds is 3. The summed E-state index contributed by atoms with van der Waals surface area (Å²) in [5.74, 6) is -0.879. The molecular weight excluding hydrogens is 178 g/mol. The van der Waals surface area contributed by atoms with E-state index in [0.29, 0.717) is 5.56 Å². The first-order valence-corrected chi connectivity index (χ1v) is 4.11. The fourth-order valence-corrected chi connectivity index (χ4v) is 1.03. The molecule has 1 N–H and O–H groups in total. The van der Waals surface area contributed by atoms with Crippen LogP contribution in [0.25, 0.3) is 6.08 Å². The van der Waals surface area contributed by atoms with Gasteiger partial charge in [0.05, 0.1) is 18.1 Å². The molecule has 14 heavy (non-hydrogen) atoms. The largest absolute Gasteiger partial charge is 0.481 e. The fourth-order valence-electron chi connectivity index (χ4n) is 1.03. The van der Waals surface area contributed by atoms with Crippen molar-refractivity contribution >= 4 is 12.0 Å². The average Bonchev–Trinajstić information content (AvgIpc) is 2.18. The zero-order chi connectivity index (χ0) is 10.4. The zero-order valence-corrected chi connectivity index (χ0v) is 7.47. The van der Waals surface area contributed by atoms with E-state index in [2.05, 4.69) is 0 Å². The second kappa shape index (κ2) is 4.83. The summed E-state index contributed by atoms with van der Waals surface area (Å²) in [4.78, 5) is 10.2. The van der Waals surface area contributed by atoms with Gasteiger partial charge < -0.3 is 5.11 Å². The minimum Gasteiger partial charge on any atom is -0.481 e. The van der Waals surface area contributed by atoms with Crippen LogP contribution in [0.5, 0.6) is 0 Å². The highest BCUT2D eigenvalue weighted by Gasteiger charge is 1.96. The van der Waals surface area contributed by atoms with Crippen molar-refractivity contribution in [2.24, 2.45) is 0 Å². The van der Waals surface area contributed by atoms with Crippen LogP contribution in [0, 0.1) is 11.3 Å². The van der Waals surface area contributed by atoms with Gasteiger partial charge in [0.1, 0.15) is 0 Å². The van der Waals surface area contributed by atoms with Crippen molar-refractivity contribution in [1.29, 1.82) is 5.26 Å². The number of benzene rings is 1. The Bertz CT molecular complexity index is 402. The third-order valence-electron chi connectivity index (χ3n) is 1.67. The minimum absolute atomic E-state index is 0.0280. The molecule has 0 aliphatic rings. The molecule has 0 amide bonds. The highest BCUT2D eigenvalue weighted by Crippen LogP contribution is 2.09. The lowest BCUT2D eigenvalue weighted by atomic mass is 10.1. The molecule has 0 aliphatic heterocycles. The van der Waals surface area contributed by atoms with Gasteiger partial charge in [-0.15, -0.1) is 0 Å². The van der Waals surface area contributed by atoms with E-state index in [1.54, 1.807) is 30.3 Å². The summed E-state index contributed by atoms with van der Waals surface area (Å²) in [7, 11) is 0. The second-order valence-electron chi connectivity index (χ2n) is 2.70. The molecule has 0 bridgehead atoms. The fraction of sp³-hybridized carbons (Fsp3) is 0.0909. The van der Waals surface area contributed by atoms with E-state index in [-0.39, 0.29) is 6.42 Å². The molecule has 1 aromatic rings. The van der Waals surface area contributed by atoms with E-state index >= 15 is 0 Å². The van der Waals surface area contributed by atoms with Crippen LogP contribution in [-0.2, 0) is 4.79 Å². The molecular formula is C11H9NO2. The Hall–Kier alpha value is -2.08. The summed E-state index contributed by atoms with van der Waals surface area (Å²) in [6.07, 6.45) is 3.14. The molecule has 0 aromatic heterocycles. The molecule has 1 rings (SSSR count). The third-order valence-corrected chi connectivity index (χ3v) is 1.67. The molecule has 0 fully saturated rings. The highest BCUT2D eigenvalue weighted by molar-refractivity contribution is 5.71. The van der Waals surface area contributed by atoms with Gasteiger partial charge >= 0.3 is 5.97 Å². The summed E-state index contributed by atoms with van der Waals surface area (Å²) in [6.45, 7) is 0. The first-order valence-electron chi connectivity index (χ1n) is 4.11. The number of hydrogen-bond donors (Lipinski definition) is 1. The predicted octanol–water partition coefficient (Wildman–Crippen LogP) is 2.05. The molecule has 0 saturated carbocycles. The van der Waals surface area contributed by atoms with E-state index in [1.165, 1.54) is 6.08 Å². The Kier molecular flexibility index (Phi) is 3.45. The van der Waals surface area contributed by atoms with Crippen LogP contribution in [0.3, 0.4) is 0 Å². The lowest BCUT2D eigenvalue weighted by Gasteiger charge is -1.94. The Morgan fingerprint density at radius 2 is 2.21 bits per heavy atom. The topological polar surface area (TPSA) is 61.1 Å². The summed E-state index contributed by atoms with van der Waals surface area (Å²) in [5, 5.41) is 17.1. The Morgan fingerprint density at radius 1 is 1.50 bits per heavy atom. The van der Waals surface area contributed by atoms with Crippen molar-refractivity contribution in [3.63, 3.8) is 0 Å². The van der Waals surface area contributed by atoms with E-state index in [1.807, 2.05) is 6.07 Å². The number of carboxylic acids is 1. The Labute approximate surface area is 81.9 Å². The lowest BCUT2D eigenvalue weighted by molar-refractivity contribution is -0.135. The average molecular weight is 187 g/mol. The monoisotopic (exact) mass is 187 g/mol. The van der Waals surface area contributed by atoms with Gasteiger partial charge in [-0.05, 0) is 11.6 Å². The molecule has 0 aliphatic carbocycles. The lowest BCUT2D eigenvalue weighted by Crippen LogP contribution is -1.89. The van der Waals surface area contributed by atoms with Gasteiger partial charge in [0.2, 0.25) is 0 Å². The van der Waals surface area contributed by atoms with Gasteiger partial charge in [0.15, 0.2) is 0 Å². The molecule has 0 atom stereocenters. The van der Waals surface area contributed by atoms with E-state index in [0.717, 1.165) is 5.56 Å². The van der Waals surface area contributed by atoms with Crippen LogP contribution in [0.1, 0.15) is 17.5 Å². The molecule has 0 saturated heterocycles. The van der Waals surface area contributed by atoms with Crippen molar-refractivity contribution in [2.45, 2.75) is 6.42 Å². The standard InChI is InChI=1S/C11H9NO2/c12-8-10-5-2-1-4-9(10)6-3-7-11(13)14/h1-6H,7H2,(H,13,14). The molecule has 0 radical (unpaired) electrons. The molecule has 0 heterocycles. The molecule has 0 spiro atoms.